The summed E-state index contributed by atoms with van der Waals surface area (Å²) in [4.78, 5) is 11.7. The predicted octanol–water partition coefficient (Wildman–Crippen LogP) is 1.58. The normalized spacial score (nSPS) is 37.6. The minimum absolute atomic E-state index is 0.00727. The van der Waals surface area contributed by atoms with Crippen LogP contribution in [0.15, 0.2) is 23.3 Å². The molecular weight excluding hydrogens is 244 g/mol. The zero-order valence-electron chi connectivity index (χ0n) is 11.3. The minimum atomic E-state index is -0.148. The number of rotatable bonds is 2. The smallest absolute Gasteiger partial charge is 0.309 e. The third-order valence-corrected chi connectivity index (χ3v) is 4.21. The van der Waals surface area contributed by atoms with Crippen molar-refractivity contribution in [3.63, 3.8) is 0 Å². The van der Waals surface area contributed by atoms with Gasteiger partial charge in [0.1, 0.15) is 6.10 Å². The monoisotopic (exact) mass is 266 g/mol. The van der Waals surface area contributed by atoms with Crippen molar-refractivity contribution < 1.29 is 19.7 Å². The van der Waals surface area contributed by atoms with Gasteiger partial charge in [0.2, 0.25) is 0 Å². The van der Waals surface area contributed by atoms with Crippen molar-refractivity contribution >= 4 is 5.97 Å². The van der Waals surface area contributed by atoms with Gasteiger partial charge < -0.3 is 14.9 Å². The van der Waals surface area contributed by atoms with Gasteiger partial charge in [0, 0.05) is 12.3 Å². The Morgan fingerprint density at radius 2 is 2.00 bits per heavy atom. The Morgan fingerprint density at radius 3 is 2.68 bits per heavy atom. The molecule has 19 heavy (non-hydrogen) atoms. The van der Waals surface area contributed by atoms with E-state index in [1.165, 1.54) is 0 Å². The number of fused-ring (bicyclic) bond motifs is 1. The summed E-state index contributed by atoms with van der Waals surface area (Å²) >= 11 is 0. The summed E-state index contributed by atoms with van der Waals surface area (Å²) in [6.07, 6.45) is 6.90. The van der Waals surface area contributed by atoms with Crippen LogP contribution in [0.25, 0.3) is 0 Å². The molecule has 0 radical (unpaired) electrons. The third kappa shape index (κ3) is 3.25. The van der Waals surface area contributed by atoms with E-state index in [0.717, 1.165) is 30.4 Å². The van der Waals surface area contributed by atoms with Gasteiger partial charge in [0.25, 0.3) is 0 Å². The lowest BCUT2D eigenvalue weighted by molar-refractivity contribution is -0.143. The maximum atomic E-state index is 11.7. The molecule has 3 atom stereocenters. The molecule has 2 aliphatic rings. The second-order valence-corrected chi connectivity index (χ2v) is 5.45. The minimum Gasteiger partial charge on any atom is -0.461 e. The Hall–Kier alpha value is -1.13. The molecule has 0 spiro atoms. The van der Waals surface area contributed by atoms with Gasteiger partial charge in [-0.1, -0.05) is 19.1 Å². The molecular formula is C15H22O4. The van der Waals surface area contributed by atoms with E-state index >= 15 is 0 Å². The van der Waals surface area contributed by atoms with Gasteiger partial charge >= 0.3 is 5.97 Å². The fraction of sp³-hybridized carbons (Fsp3) is 0.667. The van der Waals surface area contributed by atoms with E-state index < -0.39 is 0 Å². The fourth-order valence-electron chi connectivity index (χ4n) is 2.87. The summed E-state index contributed by atoms with van der Waals surface area (Å²) in [6, 6.07) is 0. The summed E-state index contributed by atoms with van der Waals surface area (Å²) in [7, 11) is 0. The van der Waals surface area contributed by atoms with Gasteiger partial charge in [-0.3, -0.25) is 4.79 Å². The van der Waals surface area contributed by atoms with Crippen molar-refractivity contribution in [1.29, 1.82) is 0 Å². The van der Waals surface area contributed by atoms with Gasteiger partial charge in [0.15, 0.2) is 0 Å². The Kier molecular flexibility index (Phi) is 4.77. The van der Waals surface area contributed by atoms with Crippen LogP contribution in [-0.4, -0.2) is 35.5 Å². The third-order valence-electron chi connectivity index (χ3n) is 4.21. The second kappa shape index (κ2) is 6.35. The lowest BCUT2D eigenvalue weighted by Gasteiger charge is -2.20. The number of hydrogen-bond donors (Lipinski definition) is 2. The molecule has 2 N–H and O–H groups in total. The van der Waals surface area contributed by atoms with Gasteiger partial charge in [-0.2, -0.15) is 0 Å². The fourth-order valence-corrected chi connectivity index (χ4v) is 2.87. The number of hydrogen-bond acceptors (Lipinski definition) is 4. The van der Waals surface area contributed by atoms with E-state index in [1.54, 1.807) is 0 Å². The molecule has 1 aliphatic carbocycles. The van der Waals surface area contributed by atoms with E-state index in [0.29, 0.717) is 6.42 Å². The second-order valence-electron chi connectivity index (χ2n) is 5.45. The van der Waals surface area contributed by atoms with Crippen LogP contribution in [0.2, 0.25) is 0 Å². The number of aliphatic hydroxyl groups is 2. The van der Waals surface area contributed by atoms with Crippen LogP contribution in [0.5, 0.6) is 0 Å². The zero-order valence-corrected chi connectivity index (χ0v) is 11.3. The average molecular weight is 266 g/mol. The SMILES string of the molecule is C[C@H]1C(=O)O[C@H]2C/C(CO)=C\CC/C(CO)=C/C[C@@H]21. The molecule has 1 heterocycles. The van der Waals surface area contributed by atoms with E-state index in [1.807, 2.05) is 19.1 Å². The molecule has 106 valence electrons. The van der Waals surface area contributed by atoms with E-state index in [-0.39, 0.29) is 37.1 Å². The molecule has 0 aromatic rings. The first-order chi connectivity index (χ1) is 9.15. The lowest BCUT2D eigenvalue weighted by atomic mass is 9.84. The van der Waals surface area contributed by atoms with E-state index in [2.05, 4.69) is 0 Å². The molecule has 4 nitrogen and oxygen atoms in total. The Labute approximate surface area is 113 Å². The highest BCUT2D eigenvalue weighted by molar-refractivity contribution is 5.74. The van der Waals surface area contributed by atoms with E-state index in [4.69, 9.17) is 4.74 Å². The lowest BCUT2D eigenvalue weighted by Crippen LogP contribution is -2.21. The standard InChI is InChI=1S/C15H22O4/c1-10-13-6-5-11(8-16)3-2-4-12(9-17)7-14(13)19-15(10)18/h4-5,10,13-14,16-17H,2-3,6-9H2,1H3/b11-5-,12-4+/t10-,13-,14+/m1/s1. The maximum absolute atomic E-state index is 11.7. The molecule has 1 aliphatic heterocycles. The first-order valence-corrected chi connectivity index (χ1v) is 6.93. The summed E-state index contributed by atoms with van der Waals surface area (Å²) in [5, 5.41) is 18.7. The Bertz CT molecular complexity index is 397. The largest absolute Gasteiger partial charge is 0.461 e. The number of aliphatic hydroxyl groups excluding tert-OH is 2. The number of esters is 1. The van der Waals surface area contributed by atoms with Crippen LogP contribution >= 0.6 is 0 Å². The molecule has 2 rings (SSSR count). The molecule has 0 unspecified atom stereocenters. The topological polar surface area (TPSA) is 66.8 Å². The van der Waals surface area contributed by atoms with Gasteiger partial charge in [0.05, 0.1) is 19.1 Å². The van der Waals surface area contributed by atoms with Crippen LogP contribution in [-0.2, 0) is 9.53 Å². The van der Waals surface area contributed by atoms with Crippen molar-refractivity contribution in [1.82, 2.24) is 0 Å². The Balaban J connectivity index is 2.22. The summed E-state index contributed by atoms with van der Waals surface area (Å²) in [6.45, 7) is 1.96. The highest BCUT2D eigenvalue weighted by atomic mass is 16.6. The molecule has 0 saturated carbocycles. The average Bonchev–Trinajstić information content (AvgIpc) is 2.68. The molecule has 4 heteroatoms. The van der Waals surface area contributed by atoms with Gasteiger partial charge in [-0.05, 0) is 30.4 Å². The number of carbonyl (C=O) groups is 1. The highest BCUT2D eigenvalue weighted by Crippen LogP contribution is 2.35. The van der Waals surface area contributed by atoms with Crippen LogP contribution < -0.4 is 0 Å². The molecule has 0 amide bonds. The first-order valence-electron chi connectivity index (χ1n) is 6.93. The summed E-state index contributed by atoms with van der Waals surface area (Å²) in [5.74, 6) is -0.117. The molecule has 1 fully saturated rings. The van der Waals surface area contributed by atoms with Crippen LogP contribution in [0.4, 0.5) is 0 Å². The van der Waals surface area contributed by atoms with Crippen molar-refractivity contribution in [2.45, 2.75) is 38.7 Å². The van der Waals surface area contributed by atoms with Gasteiger partial charge in [-0.15, -0.1) is 0 Å². The van der Waals surface area contributed by atoms with E-state index in [9.17, 15) is 15.0 Å². The quantitative estimate of drug-likeness (QED) is 0.588. The first kappa shape index (κ1) is 14.3. The number of ether oxygens (including phenoxy) is 1. The summed E-state index contributed by atoms with van der Waals surface area (Å²) in [5.41, 5.74) is 1.93. The number of carbonyl (C=O) groups excluding carboxylic acids is 1. The summed E-state index contributed by atoms with van der Waals surface area (Å²) < 4.78 is 5.43. The van der Waals surface area contributed by atoms with Crippen LogP contribution in [0.1, 0.15) is 32.6 Å². The molecule has 0 aromatic carbocycles. The highest BCUT2D eigenvalue weighted by Gasteiger charge is 2.41. The van der Waals surface area contributed by atoms with Crippen LogP contribution in [0.3, 0.4) is 0 Å². The van der Waals surface area contributed by atoms with Crippen molar-refractivity contribution in [3.8, 4) is 0 Å². The predicted molar refractivity (Wildman–Crippen MR) is 71.3 cm³/mol. The van der Waals surface area contributed by atoms with Crippen molar-refractivity contribution in [3.05, 3.63) is 23.3 Å². The maximum Gasteiger partial charge on any atom is 0.309 e. The molecule has 1 saturated heterocycles. The Morgan fingerprint density at radius 1 is 1.26 bits per heavy atom. The van der Waals surface area contributed by atoms with Crippen LogP contribution in [0, 0.1) is 11.8 Å². The zero-order chi connectivity index (χ0) is 13.8. The van der Waals surface area contributed by atoms with Crippen molar-refractivity contribution in [2.75, 3.05) is 13.2 Å². The van der Waals surface area contributed by atoms with Crippen molar-refractivity contribution in [2.24, 2.45) is 11.8 Å². The molecule has 0 aromatic heterocycles. The van der Waals surface area contributed by atoms with Gasteiger partial charge in [-0.25, -0.2) is 0 Å². The molecule has 0 bridgehead atoms. The number of allylic oxidation sites excluding steroid dienone is 2.